The average molecular weight is 247 g/mol. The van der Waals surface area contributed by atoms with Gasteiger partial charge in [0, 0.05) is 18.3 Å². The van der Waals surface area contributed by atoms with E-state index in [0.29, 0.717) is 5.75 Å². The number of ether oxygens (including phenoxy) is 1. The lowest BCUT2D eigenvalue weighted by molar-refractivity contribution is 0.386. The van der Waals surface area contributed by atoms with E-state index in [1.165, 1.54) is 26.0 Å². The van der Waals surface area contributed by atoms with Gasteiger partial charge in [0.2, 0.25) is 0 Å². The van der Waals surface area contributed by atoms with Gasteiger partial charge in [-0.3, -0.25) is 0 Å². The van der Waals surface area contributed by atoms with Crippen LogP contribution >= 0.6 is 0 Å². The molecule has 3 unspecified atom stereocenters. The SMILES string of the molecule is COc1cc(NCC2CC3C=CC2C3)ccc1F. The Morgan fingerprint density at radius 1 is 1.33 bits per heavy atom. The molecule has 3 atom stereocenters. The summed E-state index contributed by atoms with van der Waals surface area (Å²) in [6, 6.07) is 4.93. The molecule has 1 fully saturated rings. The summed E-state index contributed by atoms with van der Waals surface area (Å²) >= 11 is 0. The lowest BCUT2D eigenvalue weighted by Gasteiger charge is -2.19. The monoisotopic (exact) mass is 247 g/mol. The summed E-state index contributed by atoms with van der Waals surface area (Å²) in [4.78, 5) is 0. The number of allylic oxidation sites excluding steroid dienone is 2. The first-order chi connectivity index (χ1) is 8.76. The van der Waals surface area contributed by atoms with Gasteiger partial charge in [-0.15, -0.1) is 0 Å². The van der Waals surface area contributed by atoms with E-state index in [-0.39, 0.29) is 5.82 Å². The number of nitrogens with one attached hydrogen (secondary N) is 1. The highest BCUT2D eigenvalue weighted by Crippen LogP contribution is 2.43. The third kappa shape index (κ3) is 2.09. The highest BCUT2D eigenvalue weighted by Gasteiger charge is 2.35. The Bertz CT molecular complexity index is 472. The van der Waals surface area contributed by atoms with Crippen LogP contribution in [0.2, 0.25) is 0 Å². The smallest absolute Gasteiger partial charge is 0.165 e. The van der Waals surface area contributed by atoms with Gasteiger partial charge in [-0.25, -0.2) is 4.39 Å². The average Bonchev–Trinajstić information content (AvgIpc) is 3.00. The van der Waals surface area contributed by atoms with Crippen molar-refractivity contribution in [2.75, 3.05) is 19.0 Å². The van der Waals surface area contributed by atoms with Crippen molar-refractivity contribution in [1.29, 1.82) is 0 Å². The van der Waals surface area contributed by atoms with Crippen molar-refractivity contribution in [3.8, 4) is 5.75 Å². The maximum atomic E-state index is 13.3. The fourth-order valence-electron chi connectivity index (χ4n) is 3.15. The Morgan fingerprint density at radius 2 is 2.22 bits per heavy atom. The highest BCUT2D eigenvalue weighted by molar-refractivity contribution is 5.48. The van der Waals surface area contributed by atoms with Crippen molar-refractivity contribution < 1.29 is 9.13 Å². The molecule has 1 aromatic carbocycles. The van der Waals surface area contributed by atoms with Crippen LogP contribution in [0.1, 0.15) is 12.8 Å². The van der Waals surface area contributed by atoms with E-state index in [0.717, 1.165) is 30.0 Å². The zero-order valence-corrected chi connectivity index (χ0v) is 10.5. The molecule has 0 aromatic heterocycles. The molecule has 0 aliphatic heterocycles. The minimum Gasteiger partial charge on any atom is -0.494 e. The Hall–Kier alpha value is -1.51. The van der Waals surface area contributed by atoms with Crippen molar-refractivity contribution in [2.24, 2.45) is 17.8 Å². The van der Waals surface area contributed by atoms with Gasteiger partial charge < -0.3 is 10.1 Å². The number of hydrogen-bond donors (Lipinski definition) is 1. The van der Waals surface area contributed by atoms with Crippen molar-refractivity contribution in [2.45, 2.75) is 12.8 Å². The van der Waals surface area contributed by atoms with Crippen molar-refractivity contribution in [3.63, 3.8) is 0 Å². The summed E-state index contributed by atoms with van der Waals surface area (Å²) in [6.07, 6.45) is 7.30. The fraction of sp³-hybridized carbons (Fsp3) is 0.467. The Kier molecular flexibility index (Phi) is 2.98. The van der Waals surface area contributed by atoms with Crippen LogP contribution < -0.4 is 10.1 Å². The molecule has 0 amide bonds. The van der Waals surface area contributed by atoms with E-state index >= 15 is 0 Å². The summed E-state index contributed by atoms with van der Waals surface area (Å²) in [7, 11) is 1.49. The Balaban J connectivity index is 1.62. The van der Waals surface area contributed by atoms with E-state index in [1.807, 2.05) is 0 Å². The van der Waals surface area contributed by atoms with Gasteiger partial charge in [0.15, 0.2) is 11.6 Å². The quantitative estimate of drug-likeness (QED) is 0.823. The summed E-state index contributed by atoms with van der Waals surface area (Å²) in [5, 5.41) is 3.39. The Morgan fingerprint density at radius 3 is 2.89 bits per heavy atom. The van der Waals surface area contributed by atoms with Crippen LogP contribution in [0.25, 0.3) is 0 Å². The molecule has 18 heavy (non-hydrogen) atoms. The number of anilines is 1. The fourth-order valence-corrected chi connectivity index (χ4v) is 3.15. The predicted molar refractivity (Wildman–Crippen MR) is 70.3 cm³/mol. The lowest BCUT2D eigenvalue weighted by Crippen LogP contribution is -2.18. The van der Waals surface area contributed by atoms with Gasteiger partial charge in [0.25, 0.3) is 0 Å². The molecule has 2 aliphatic carbocycles. The number of fused-ring (bicyclic) bond motifs is 2. The summed E-state index contributed by atoms with van der Waals surface area (Å²) < 4.78 is 18.3. The molecule has 1 aromatic rings. The number of benzene rings is 1. The van der Waals surface area contributed by atoms with Crippen LogP contribution in [0, 0.1) is 23.6 Å². The topological polar surface area (TPSA) is 21.3 Å². The second-order valence-corrected chi connectivity index (χ2v) is 5.27. The second-order valence-electron chi connectivity index (χ2n) is 5.27. The summed E-state index contributed by atoms with van der Waals surface area (Å²) in [5.41, 5.74) is 0.931. The molecule has 3 heteroatoms. The van der Waals surface area contributed by atoms with E-state index in [1.54, 1.807) is 12.1 Å². The molecule has 0 spiro atoms. The second kappa shape index (κ2) is 4.63. The zero-order valence-electron chi connectivity index (χ0n) is 10.5. The van der Waals surface area contributed by atoms with Gasteiger partial charge in [-0.2, -0.15) is 0 Å². The molecule has 0 heterocycles. The lowest BCUT2D eigenvalue weighted by atomic mass is 9.93. The van der Waals surface area contributed by atoms with Crippen LogP contribution in [0.15, 0.2) is 30.4 Å². The van der Waals surface area contributed by atoms with E-state index in [4.69, 9.17) is 4.74 Å². The molecule has 0 radical (unpaired) electrons. The van der Waals surface area contributed by atoms with Crippen molar-refractivity contribution >= 4 is 5.69 Å². The number of hydrogen-bond acceptors (Lipinski definition) is 2. The number of halogens is 1. The normalized spacial score (nSPS) is 28.7. The molecule has 1 saturated carbocycles. The zero-order chi connectivity index (χ0) is 12.5. The first kappa shape index (κ1) is 11.6. The molecule has 0 saturated heterocycles. The van der Waals surface area contributed by atoms with Crippen LogP contribution in [0.3, 0.4) is 0 Å². The van der Waals surface area contributed by atoms with E-state index in [2.05, 4.69) is 17.5 Å². The third-order valence-electron chi connectivity index (χ3n) is 4.14. The van der Waals surface area contributed by atoms with E-state index < -0.39 is 0 Å². The maximum Gasteiger partial charge on any atom is 0.165 e. The minimum atomic E-state index is -0.314. The molecule has 2 bridgehead atoms. The molecule has 2 nitrogen and oxygen atoms in total. The number of rotatable bonds is 4. The van der Waals surface area contributed by atoms with Crippen LogP contribution in [0.4, 0.5) is 10.1 Å². The van der Waals surface area contributed by atoms with Crippen LogP contribution in [0.5, 0.6) is 5.75 Å². The highest BCUT2D eigenvalue weighted by atomic mass is 19.1. The first-order valence-electron chi connectivity index (χ1n) is 6.52. The molecule has 2 aliphatic rings. The van der Waals surface area contributed by atoms with Crippen molar-refractivity contribution in [3.05, 3.63) is 36.2 Å². The minimum absolute atomic E-state index is 0.299. The molecule has 96 valence electrons. The summed E-state index contributed by atoms with van der Waals surface area (Å²) in [5.74, 6) is 2.24. The van der Waals surface area contributed by atoms with Gasteiger partial charge in [-0.05, 0) is 42.7 Å². The number of methoxy groups -OCH3 is 1. The molecular formula is C15H18FNO. The van der Waals surface area contributed by atoms with Gasteiger partial charge in [0.05, 0.1) is 7.11 Å². The van der Waals surface area contributed by atoms with Crippen LogP contribution in [-0.2, 0) is 0 Å². The van der Waals surface area contributed by atoms with Crippen LogP contribution in [-0.4, -0.2) is 13.7 Å². The van der Waals surface area contributed by atoms with Gasteiger partial charge >= 0.3 is 0 Å². The van der Waals surface area contributed by atoms with E-state index in [9.17, 15) is 4.39 Å². The molecule has 1 N–H and O–H groups in total. The van der Waals surface area contributed by atoms with Crippen molar-refractivity contribution in [1.82, 2.24) is 0 Å². The largest absolute Gasteiger partial charge is 0.494 e. The molecular weight excluding hydrogens is 229 g/mol. The first-order valence-corrected chi connectivity index (χ1v) is 6.52. The molecule has 3 rings (SSSR count). The maximum absolute atomic E-state index is 13.3. The van der Waals surface area contributed by atoms with Gasteiger partial charge in [-0.1, -0.05) is 12.2 Å². The van der Waals surface area contributed by atoms with Gasteiger partial charge in [0.1, 0.15) is 0 Å². The summed E-state index contributed by atoms with van der Waals surface area (Å²) in [6.45, 7) is 0.959. The third-order valence-corrected chi connectivity index (χ3v) is 4.14. The Labute approximate surface area is 107 Å². The standard InChI is InChI=1S/C15H18FNO/c1-18-15-8-13(4-5-14(15)16)17-9-12-7-10-2-3-11(12)6-10/h2-5,8,10-12,17H,6-7,9H2,1H3. The predicted octanol–water partition coefficient (Wildman–Crippen LogP) is 3.46.